The van der Waals surface area contributed by atoms with E-state index in [9.17, 15) is 0 Å². The Morgan fingerprint density at radius 1 is 1.40 bits per heavy atom. The van der Waals surface area contributed by atoms with Crippen LogP contribution >= 0.6 is 12.6 Å². The average molecular weight is 156 g/mol. The molecule has 0 aliphatic heterocycles. The number of nitrogens with zero attached hydrogens (tertiary/aromatic N) is 2. The zero-order chi connectivity index (χ0) is 7.40. The number of hydrogen-bond acceptors (Lipinski definition) is 4. The topological polar surface area (TPSA) is 46.0 Å². The predicted octanol–water partition coefficient (Wildman–Crippen LogP) is 0.300. The third-order valence-electron chi connectivity index (χ3n) is 1.03. The number of aliphatic hydroxyl groups excluding tert-OH is 1. The highest BCUT2D eigenvalue weighted by Crippen LogP contribution is 1.99. The molecule has 1 aromatic rings. The summed E-state index contributed by atoms with van der Waals surface area (Å²) >= 11 is 4.01. The minimum absolute atomic E-state index is 0.0892. The Morgan fingerprint density at radius 2 is 2.00 bits per heavy atom. The Hall–Kier alpha value is -0.610. The summed E-state index contributed by atoms with van der Waals surface area (Å²) in [6.07, 6.45) is 3.73. The van der Waals surface area contributed by atoms with E-state index in [0.717, 1.165) is 4.90 Å². The molecule has 3 nitrogen and oxygen atoms in total. The highest BCUT2D eigenvalue weighted by Gasteiger charge is 1.92. The molecule has 0 aliphatic carbocycles. The first kappa shape index (κ1) is 7.50. The van der Waals surface area contributed by atoms with Crippen LogP contribution in [0.5, 0.6) is 0 Å². The van der Waals surface area contributed by atoms with Crippen LogP contribution in [0.25, 0.3) is 0 Å². The van der Waals surface area contributed by atoms with Crippen LogP contribution in [0.3, 0.4) is 0 Å². The van der Waals surface area contributed by atoms with Gasteiger partial charge in [0.1, 0.15) is 5.82 Å². The number of thiol groups is 1. The van der Waals surface area contributed by atoms with Crippen LogP contribution in [-0.4, -0.2) is 21.7 Å². The molecule has 1 aromatic heterocycles. The summed E-state index contributed by atoms with van der Waals surface area (Å²) in [5.74, 6) is 0.653. The molecule has 0 atom stereocenters. The maximum atomic E-state index is 8.49. The van der Waals surface area contributed by atoms with Crippen LogP contribution in [-0.2, 0) is 6.42 Å². The van der Waals surface area contributed by atoms with Gasteiger partial charge < -0.3 is 5.11 Å². The number of aromatic nitrogens is 2. The summed E-state index contributed by atoms with van der Waals surface area (Å²) in [7, 11) is 0. The van der Waals surface area contributed by atoms with E-state index in [2.05, 4.69) is 22.6 Å². The molecule has 0 bridgehead atoms. The summed E-state index contributed by atoms with van der Waals surface area (Å²) in [5, 5.41) is 8.49. The Kier molecular flexibility index (Phi) is 2.65. The van der Waals surface area contributed by atoms with Crippen LogP contribution in [0.15, 0.2) is 17.3 Å². The van der Waals surface area contributed by atoms with E-state index in [4.69, 9.17) is 5.11 Å². The fourth-order valence-electron chi connectivity index (χ4n) is 0.577. The molecule has 54 valence electrons. The first-order valence-corrected chi connectivity index (χ1v) is 3.38. The molecule has 10 heavy (non-hydrogen) atoms. The maximum absolute atomic E-state index is 8.49. The molecule has 1 heterocycles. The molecule has 0 amide bonds. The normalized spacial score (nSPS) is 9.80. The summed E-state index contributed by atoms with van der Waals surface area (Å²) in [6.45, 7) is 0.0892. The van der Waals surface area contributed by atoms with Crippen LogP contribution in [0.2, 0.25) is 0 Å². The smallest absolute Gasteiger partial charge is 0.130 e. The van der Waals surface area contributed by atoms with E-state index in [1.54, 1.807) is 12.4 Å². The third kappa shape index (κ3) is 1.97. The Labute approximate surface area is 64.5 Å². The van der Waals surface area contributed by atoms with Crippen molar-refractivity contribution in [2.45, 2.75) is 11.3 Å². The Bertz CT molecular complexity index is 199. The Balaban J connectivity index is 2.69. The van der Waals surface area contributed by atoms with Crippen molar-refractivity contribution < 1.29 is 5.11 Å². The zero-order valence-electron chi connectivity index (χ0n) is 5.36. The van der Waals surface area contributed by atoms with Crippen molar-refractivity contribution >= 4 is 12.6 Å². The van der Waals surface area contributed by atoms with Gasteiger partial charge in [-0.3, -0.25) is 0 Å². The molecule has 0 aromatic carbocycles. The van der Waals surface area contributed by atoms with Gasteiger partial charge in [-0.25, -0.2) is 9.97 Å². The van der Waals surface area contributed by atoms with Crippen molar-refractivity contribution in [1.82, 2.24) is 9.97 Å². The van der Waals surface area contributed by atoms with Gasteiger partial charge in [-0.2, -0.15) is 0 Å². The molecule has 1 rings (SSSR count). The van der Waals surface area contributed by atoms with E-state index in [1.165, 1.54) is 0 Å². The molecule has 0 unspecified atom stereocenters. The minimum atomic E-state index is 0.0892. The molecule has 1 N–H and O–H groups in total. The molecule has 0 aliphatic rings. The summed E-state index contributed by atoms with van der Waals surface area (Å²) < 4.78 is 0. The largest absolute Gasteiger partial charge is 0.396 e. The van der Waals surface area contributed by atoms with E-state index >= 15 is 0 Å². The number of aliphatic hydroxyl groups is 1. The molecular formula is C6H8N2OS. The standard InChI is InChI=1S/C6H8N2OS/c9-2-1-6-7-3-5(10)4-8-6/h3-4,9-10H,1-2H2. The first-order valence-electron chi connectivity index (χ1n) is 2.93. The van der Waals surface area contributed by atoms with Gasteiger partial charge in [0.2, 0.25) is 0 Å². The quantitative estimate of drug-likeness (QED) is 0.605. The molecule has 0 saturated carbocycles. The summed E-state index contributed by atoms with van der Waals surface area (Å²) in [5.41, 5.74) is 0. The van der Waals surface area contributed by atoms with Crippen LogP contribution in [0.1, 0.15) is 5.82 Å². The summed E-state index contributed by atoms with van der Waals surface area (Å²) in [6, 6.07) is 0. The third-order valence-corrected chi connectivity index (χ3v) is 1.26. The van der Waals surface area contributed by atoms with Crippen molar-refractivity contribution in [3.63, 3.8) is 0 Å². The van der Waals surface area contributed by atoms with E-state index < -0.39 is 0 Å². The Morgan fingerprint density at radius 3 is 2.50 bits per heavy atom. The van der Waals surface area contributed by atoms with Gasteiger partial charge in [-0.1, -0.05) is 0 Å². The van der Waals surface area contributed by atoms with E-state index in [-0.39, 0.29) is 6.61 Å². The molecule has 0 radical (unpaired) electrons. The minimum Gasteiger partial charge on any atom is -0.396 e. The van der Waals surface area contributed by atoms with Crippen molar-refractivity contribution in [2.24, 2.45) is 0 Å². The molecule has 0 spiro atoms. The lowest BCUT2D eigenvalue weighted by atomic mass is 10.4. The maximum Gasteiger partial charge on any atom is 0.130 e. The second-order valence-electron chi connectivity index (χ2n) is 1.83. The van der Waals surface area contributed by atoms with Crippen molar-refractivity contribution in [3.8, 4) is 0 Å². The van der Waals surface area contributed by atoms with Crippen LogP contribution in [0.4, 0.5) is 0 Å². The average Bonchev–Trinajstić information content (AvgIpc) is 1.95. The van der Waals surface area contributed by atoms with Crippen molar-refractivity contribution in [2.75, 3.05) is 6.61 Å². The summed E-state index contributed by atoms with van der Waals surface area (Å²) in [4.78, 5) is 8.58. The first-order chi connectivity index (χ1) is 4.83. The SMILES string of the molecule is OCCc1ncc(S)cn1. The van der Waals surface area contributed by atoms with Crippen molar-refractivity contribution in [1.29, 1.82) is 0 Å². The van der Waals surface area contributed by atoms with Gasteiger partial charge in [0.15, 0.2) is 0 Å². The lowest BCUT2D eigenvalue weighted by Gasteiger charge is -1.94. The van der Waals surface area contributed by atoms with Gasteiger partial charge in [0.25, 0.3) is 0 Å². The highest BCUT2D eigenvalue weighted by atomic mass is 32.1. The fraction of sp³-hybridized carbons (Fsp3) is 0.333. The lowest BCUT2D eigenvalue weighted by Crippen LogP contribution is -1.96. The fourth-order valence-corrected chi connectivity index (χ4v) is 0.693. The molecule has 0 fully saturated rings. The number of rotatable bonds is 2. The van der Waals surface area contributed by atoms with Crippen LogP contribution < -0.4 is 0 Å². The molecule has 4 heteroatoms. The van der Waals surface area contributed by atoms with E-state index in [1.807, 2.05) is 0 Å². The second kappa shape index (κ2) is 3.53. The second-order valence-corrected chi connectivity index (χ2v) is 2.35. The zero-order valence-corrected chi connectivity index (χ0v) is 6.25. The van der Waals surface area contributed by atoms with Gasteiger partial charge in [-0.05, 0) is 0 Å². The molecule has 0 saturated heterocycles. The van der Waals surface area contributed by atoms with Gasteiger partial charge >= 0.3 is 0 Å². The molecular weight excluding hydrogens is 148 g/mol. The van der Waals surface area contributed by atoms with Crippen LogP contribution in [0, 0.1) is 0 Å². The van der Waals surface area contributed by atoms with E-state index in [0.29, 0.717) is 12.2 Å². The highest BCUT2D eigenvalue weighted by molar-refractivity contribution is 7.80. The number of hydrogen-bond donors (Lipinski definition) is 2. The van der Waals surface area contributed by atoms with Gasteiger partial charge in [0.05, 0.1) is 6.61 Å². The lowest BCUT2D eigenvalue weighted by molar-refractivity contribution is 0.296. The van der Waals surface area contributed by atoms with Gasteiger partial charge in [-0.15, -0.1) is 12.6 Å². The van der Waals surface area contributed by atoms with Gasteiger partial charge in [0, 0.05) is 23.7 Å². The van der Waals surface area contributed by atoms with Crippen molar-refractivity contribution in [3.05, 3.63) is 18.2 Å². The predicted molar refractivity (Wildman–Crippen MR) is 40.1 cm³/mol. The monoisotopic (exact) mass is 156 g/mol.